The quantitative estimate of drug-likeness (QED) is 0.598. The van der Waals surface area contributed by atoms with Crippen molar-refractivity contribution in [2.45, 2.75) is 40.2 Å². The highest BCUT2D eigenvalue weighted by atomic mass is 14.8. The average molecular weight is 189 g/mol. The molecule has 1 nitrogen and oxygen atoms in total. The van der Waals surface area contributed by atoms with Crippen LogP contribution in [0.25, 0.3) is 0 Å². The van der Waals surface area contributed by atoms with Crippen LogP contribution in [-0.4, -0.2) is 11.3 Å². The zero-order valence-electron chi connectivity index (χ0n) is 9.76. The Bertz CT molecular complexity index is 325. The van der Waals surface area contributed by atoms with Gasteiger partial charge in [-0.15, -0.1) is 0 Å². The van der Waals surface area contributed by atoms with E-state index in [2.05, 4.69) is 63.9 Å². The fourth-order valence-corrected chi connectivity index (χ4v) is 1.36. The minimum Gasteiger partial charge on any atom is -0.284 e. The molecule has 1 aromatic rings. The molecule has 0 saturated heterocycles. The predicted molar refractivity (Wildman–Crippen MR) is 63.1 cm³/mol. The summed E-state index contributed by atoms with van der Waals surface area (Å²) < 4.78 is 0. The van der Waals surface area contributed by atoms with E-state index < -0.39 is 0 Å². The molecule has 0 aliphatic rings. The second kappa shape index (κ2) is 3.95. The molecule has 0 heterocycles. The summed E-state index contributed by atoms with van der Waals surface area (Å²) in [6, 6.07) is 8.49. The van der Waals surface area contributed by atoms with Gasteiger partial charge in [0.25, 0.3) is 0 Å². The Labute approximate surface area is 86.9 Å². The number of rotatable bonds is 1. The van der Waals surface area contributed by atoms with Crippen molar-refractivity contribution >= 4 is 5.71 Å². The van der Waals surface area contributed by atoms with Crippen LogP contribution in [-0.2, 0) is 0 Å². The number of nitrogens with zero attached hydrogens (tertiary/aromatic N) is 1. The van der Waals surface area contributed by atoms with Crippen molar-refractivity contribution in [1.29, 1.82) is 0 Å². The molecule has 0 atom stereocenters. The van der Waals surface area contributed by atoms with Gasteiger partial charge >= 0.3 is 0 Å². The van der Waals surface area contributed by atoms with E-state index in [1.807, 2.05) is 0 Å². The van der Waals surface area contributed by atoms with Crippen molar-refractivity contribution < 1.29 is 0 Å². The summed E-state index contributed by atoms with van der Waals surface area (Å²) in [4.78, 5) is 4.63. The lowest BCUT2D eigenvalue weighted by atomic mass is 10.1. The zero-order chi connectivity index (χ0) is 10.8. The zero-order valence-corrected chi connectivity index (χ0v) is 9.76. The summed E-state index contributed by atoms with van der Waals surface area (Å²) in [5, 5.41) is 0. The maximum Gasteiger partial charge on any atom is 0.0527 e. The summed E-state index contributed by atoms with van der Waals surface area (Å²) in [5.41, 5.74) is 3.62. The highest BCUT2D eigenvalue weighted by Gasteiger charge is 2.08. The normalized spacial score (nSPS) is 13.1. The van der Waals surface area contributed by atoms with Gasteiger partial charge in [0.05, 0.1) is 5.54 Å². The van der Waals surface area contributed by atoms with Crippen molar-refractivity contribution in [2.24, 2.45) is 4.99 Å². The molecular weight excluding hydrogens is 170 g/mol. The van der Waals surface area contributed by atoms with E-state index in [-0.39, 0.29) is 5.54 Å². The topological polar surface area (TPSA) is 12.4 Å². The minimum absolute atomic E-state index is 0.00890. The maximum atomic E-state index is 4.63. The third kappa shape index (κ3) is 3.33. The van der Waals surface area contributed by atoms with E-state index in [1.54, 1.807) is 0 Å². The van der Waals surface area contributed by atoms with E-state index >= 15 is 0 Å². The monoisotopic (exact) mass is 189 g/mol. The largest absolute Gasteiger partial charge is 0.284 e. The van der Waals surface area contributed by atoms with Crippen LogP contribution in [0, 0.1) is 6.92 Å². The number of aryl methyl sites for hydroxylation is 1. The van der Waals surface area contributed by atoms with Crippen LogP contribution >= 0.6 is 0 Å². The Balaban J connectivity index is 2.95. The Kier molecular flexibility index (Phi) is 3.10. The van der Waals surface area contributed by atoms with E-state index in [0.29, 0.717) is 0 Å². The molecule has 0 unspecified atom stereocenters. The van der Waals surface area contributed by atoms with Gasteiger partial charge < -0.3 is 0 Å². The first-order valence-electron chi connectivity index (χ1n) is 5.02. The fourth-order valence-electron chi connectivity index (χ4n) is 1.36. The molecule has 0 amide bonds. The first kappa shape index (κ1) is 11.0. The second-order valence-corrected chi connectivity index (χ2v) is 4.73. The number of benzene rings is 1. The summed E-state index contributed by atoms with van der Waals surface area (Å²) >= 11 is 0. The van der Waals surface area contributed by atoms with Gasteiger partial charge in [-0.2, -0.15) is 0 Å². The number of hydrogen-bond donors (Lipinski definition) is 0. The molecule has 0 saturated carbocycles. The molecule has 14 heavy (non-hydrogen) atoms. The lowest BCUT2D eigenvalue weighted by Crippen LogP contribution is -2.13. The van der Waals surface area contributed by atoms with Crippen molar-refractivity contribution in [2.75, 3.05) is 0 Å². The highest BCUT2D eigenvalue weighted by molar-refractivity contribution is 5.98. The van der Waals surface area contributed by atoms with E-state index in [4.69, 9.17) is 0 Å². The summed E-state index contributed by atoms with van der Waals surface area (Å²) in [5.74, 6) is 0. The van der Waals surface area contributed by atoms with E-state index in [1.165, 1.54) is 11.1 Å². The molecule has 0 aliphatic carbocycles. The second-order valence-electron chi connectivity index (χ2n) is 4.73. The van der Waals surface area contributed by atoms with Gasteiger partial charge in [-0.25, -0.2) is 0 Å². The van der Waals surface area contributed by atoms with Gasteiger partial charge in [-0.05, 0) is 40.2 Å². The minimum atomic E-state index is 0.00890. The molecule has 0 aromatic heterocycles. The standard InChI is InChI=1S/C13H19N/c1-10-6-8-12(9-7-10)11(2)14-13(3,4)5/h6-9H,1-5H3/b14-11+. The number of hydrogen-bond acceptors (Lipinski definition) is 1. The molecule has 1 aromatic carbocycles. The van der Waals surface area contributed by atoms with Crippen molar-refractivity contribution in [1.82, 2.24) is 0 Å². The smallest absolute Gasteiger partial charge is 0.0527 e. The van der Waals surface area contributed by atoms with Crippen molar-refractivity contribution in [3.8, 4) is 0 Å². The first-order valence-corrected chi connectivity index (χ1v) is 5.02. The maximum absolute atomic E-state index is 4.63. The molecule has 0 spiro atoms. The Morgan fingerprint density at radius 3 is 2.00 bits per heavy atom. The Hall–Kier alpha value is -1.11. The highest BCUT2D eigenvalue weighted by Crippen LogP contribution is 2.11. The van der Waals surface area contributed by atoms with Crippen LogP contribution in [0.2, 0.25) is 0 Å². The van der Waals surface area contributed by atoms with Gasteiger partial charge in [0.1, 0.15) is 0 Å². The van der Waals surface area contributed by atoms with Crippen LogP contribution < -0.4 is 0 Å². The fraction of sp³-hybridized carbons (Fsp3) is 0.462. The molecular formula is C13H19N. The van der Waals surface area contributed by atoms with Crippen LogP contribution in [0.5, 0.6) is 0 Å². The lowest BCUT2D eigenvalue weighted by molar-refractivity contribution is 0.584. The van der Waals surface area contributed by atoms with E-state index in [9.17, 15) is 0 Å². The van der Waals surface area contributed by atoms with Crippen LogP contribution in [0.3, 0.4) is 0 Å². The van der Waals surface area contributed by atoms with Crippen LogP contribution in [0.15, 0.2) is 29.3 Å². The molecule has 1 rings (SSSR count). The SMILES string of the molecule is C/C(=N\C(C)(C)C)c1ccc(C)cc1. The molecule has 1 heteroatoms. The van der Waals surface area contributed by atoms with Gasteiger partial charge in [-0.3, -0.25) is 4.99 Å². The Morgan fingerprint density at radius 2 is 1.57 bits per heavy atom. The van der Waals surface area contributed by atoms with E-state index in [0.717, 1.165) is 5.71 Å². The third-order valence-electron chi connectivity index (χ3n) is 1.97. The van der Waals surface area contributed by atoms with Gasteiger partial charge in [0.2, 0.25) is 0 Å². The summed E-state index contributed by atoms with van der Waals surface area (Å²) in [6.45, 7) is 10.5. The van der Waals surface area contributed by atoms with Gasteiger partial charge in [0, 0.05) is 5.71 Å². The summed E-state index contributed by atoms with van der Waals surface area (Å²) in [6.07, 6.45) is 0. The third-order valence-corrected chi connectivity index (χ3v) is 1.97. The molecule has 0 N–H and O–H groups in total. The first-order chi connectivity index (χ1) is 6.38. The van der Waals surface area contributed by atoms with Gasteiger partial charge in [-0.1, -0.05) is 29.8 Å². The molecule has 0 aliphatic heterocycles. The molecule has 0 fully saturated rings. The molecule has 76 valence electrons. The van der Waals surface area contributed by atoms with Crippen molar-refractivity contribution in [3.63, 3.8) is 0 Å². The predicted octanol–water partition coefficient (Wildman–Crippen LogP) is 3.60. The molecule has 0 radical (unpaired) electrons. The summed E-state index contributed by atoms with van der Waals surface area (Å²) in [7, 11) is 0. The lowest BCUT2D eigenvalue weighted by Gasteiger charge is -2.14. The Morgan fingerprint density at radius 1 is 1.07 bits per heavy atom. The average Bonchev–Trinajstić information content (AvgIpc) is 2.02. The van der Waals surface area contributed by atoms with Crippen LogP contribution in [0.4, 0.5) is 0 Å². The van der Waals surface area contributed by atoms with Crippen LogP contribution in [0.1, 0.15) is 38.8 Å². The van der Waals surface area contributed by atoms with Gasteiger partial charge in [0.15, 0.2) is 0 Å². The number of aliphatic imine (C=N–C) groups is 1. The molecule has 0 bridgehead atoms. The van der Waals surface area contributed by atoms with Crippen molar-refractivity contribution in [3.05, 3.63) is 35.4 Å².